The lowest BCUT2D eigenvalue weighted by Crippen LogP contribution is -2.40. The SMILES string of the molecule is CC(C)(C)OC(=O)N(CC(O)c1ccc[nH]1)C1CC1. The zero-order valence-corrected chi connectivity index (χ0v) is 11.7. The van der Waals surface area contributed by atoms with Crippen molar-refractivity contribution in [1.29, 1.82) is 0 Å². The monoisotopic (exact) mass is 266 g/mol. The minimum absolute atomic E-state index is 0.208. The van der Waals surface area contributed by atoms with Crippen LogP contribution in [0.5, 0.6) is 0 Å². The number of nitrogens with one attached hydrogen (secondary N) is 1. The molecule has 1 fully saturated rings. The van der Waals surface area contributed by atoms with Gasteiger partial charge < -0.3 is 19.7 Å². The molecule has 0 radical (unpaired) electrons. The van der Waals surface area contributed by atoms with Crippen LogP contribution in [0, 0.1) is 0 Å². The Bertz CT molecular complexity index is 418. The molecule has 2 rings (SSSR count). The molecule has 1 heterocycles. The Morgan fingerprint density at radius 1 is 1.58 bits per heavy atom. The first kappa shape index (κ1) is 13.9. The summed E-state index contributed by atoms with van der Waals surface area (Å²) in [6.45, 7) is 5.80. The number of hydrogen-bond acceptors (Lipinski definition) is 3. The van der Waals surface area contributed by atoms with Crippen LogP contribution in [0.4, 0.5) is 4.79 Å². The maximum atomic E-state index is 12.1. The number of aliphatic hydroxyl groups is 1. The molecule has 1 amide bonds. The van der Waals surface area contributed by atoms with Gasteiger partial charge in [-0.25, -0.2) is 4.79 Å². The Morgan fingerprint density at radius 2 is 2.26 bits per heavy atom. The lowest BCUT2D eigenvalue weighted by Gasteiger charge is -2.28. The van der Waals surface area contributed by atoms with Crippen molar-refractivity contribution in [2.45, 2.75) is 51.4 Å². The van der Waals surface area contributed by atoms with E-state index in [1.54, 1.807) is 11.1 Å². The number of ether oxygens (including phenoxy) is 1. The molecule has 1 saturated carbocycles. The number of aromatic nitrogens is 1. The minimum Gasteiger partial charge on any atom is -0.444 e. The fourth-order valence-corrected chi connectivity index (χ4v) is 1.92. The Morgan fingerprint density at radius 3 is 2.74 bits per heavy atom. The fraction of sp³-hybridized carbons (Fsp3) is 0.643. The van der Waals surface area contributed by atoms with Crippen LogP contribution in [0.15, 0.2) is 18.3 Å². The van der Waals surface area contributed by atoms with Gasteiger partial charge in [-0.05, 0) is 45.7 Å². The van der Waals surface area contributed by atoms with E-state index in [0.717, 1.165) is 12.8 Å². The van der Waals surface area contributed by atoms with Gasteiger partial charge in [-0.15, -0.1) is 0 Å². The third-order valence-electron chi connectivity index (χ3n) is 2.97. The van der Waals surface area contributed by atoms with E-state index in [2.05, 4.69) is 4.98 Å². The van der Waals surface area contributed by atoms with E-state index in [0.29, 0.717) is 5.69 Å². The molecule has 0 saturated heterocycles. The predicted octanol–water partition coefficient (Wildman–Crippen LogP) is 2.45. The molecule has 1 aromatic rings. The average Bonchev–Trinajstić information content (AvgIpc) is 2.96. The molecule has 19 heavy (non-hydrogen) atoms. The van der Waals surface area contributed by atoms with Gasteiger partial charge in [-0.1, -0.05) is 0 Å². The van der Waals surface area contributed by atoms with Gasteiger partial charge in [0.15, 0.2) is 0 Å². The third kappa shape index (κ3) is 3.99. The molecular weight excluding hydrogens is 244 g/mol. The van der Waals surface area contributed by atoms with E-state index in [-0.39, 0.29) is 18.7 Å². The molecule has 1 aliphatic carbocycles. The second-order valence-electron chi connectivity index (χ2n) is 6.01. The molecule has 0 spiro atoms. The van der Waals surface area contributed by atoms with Gasteiger partial charge in [0, 0.05) is 17.9 Å². The maximum Gasteiger partial charge on any atom is 0.410 e. The molecule has 1 unspecified atom stereocenters. The van der Waals surface area contributed by atoms with Gasteiger partial charge >= 0.3 is 6.09 Å². The molecule has 106 valence electrons. The summed E-state index contributed by atoms with van der Waals surface area (Å²) >= 11 is 0. The van der Waals surface area contributed by atoms with Crippen LogP contribution >= 0.6 is 0 Å². The number of hydrogen-bond donors (Lipinski definition) is 2. The highest BCUT2D eigenvalue weighted by Gasteiger charge is 2.36. The summed E-state index contributed by atoms with van der Waals surface area (Å²) in [6.07, 6.45) is 2.67. The lowest BCUT2D eigenvalue weighted by molar-refractivity contribution is 0.0121. The van der Waals surface area contributed by atoms with E-state index in [1.165, 1.54) is 0 Å². The van der Waals surface area contributed by atoms with Crippen molar-refractivity contribution < 1.29 is 14.6 Å². The molecule has 2 N–H and O–H groups in total. The maximum absolute atomic E-state index is 12.1. The molecule has 1 aliphatic rings. The number of rotatable bonds is 4. The first-order valence-electron chi connectivity index (χ1n) is 6.68. The van der Waals surface area contributed by atoms with Crippen molar-refractivity contribution in [3.05, 3.63) is 24.0 Å². The molecule has 0 aromatic carbocycles. The van der Waals surface area contributed by atoms with E-state index in [4.69, 9.17) is 4.74 Å². The molecule has 1 atom stereocenters. The van der Waals surface area contributed by atoms with Crippen molar-refractivity contribution in [1.82, 2.24) is 9.88 Å². The molecular formula is C14H22N2O3. The quantitative estimate of drug-likeness (QED) is 0.879. The standard InChI is InChI=1S/C14H22N2O3/c1-14(2,3)19-13(18)16(10-6-7-10)9-12(17)11-5-4-8-15-11/h4-5,8,10,12,15,17H,6-7,9H2,1-3H3. The number of aromatic amines is 1. The summed E-state index contributed by atoms with van der Waals surface area (Å²) in [4.78, 5) is 16.7. The van der Waals surface area contributed by atoms with Gasteiger partial charge in [0.2, 0.25) is 0 Å². The summed E-state index contributed by atoms with van der Waals surface area (Å²) in [5.74, 6) is 0. The largest absolute Gasteiger partial charge is 0.444 e. The summed E-state index contributed by atoms with van der Waals surface area (Å²) in [7, 11) is 0. The van der Waals surface area contributed by atoms with Crippen molar-refractivity contribution >= 4 is 6.09 Å². The number of carbonyl (C=O) groups excluding carboxylic acids is 1. The van der Waals surface area contributed by atoms with Crippen LogP contribution in [-0.4, -0.2) is 39.3 Å². The van der Waals surface area contributed by atoms with Crippen LogP contribution in [-0.2, 0) is 4.74 Å². The minimum atomic E-state index is -0.705. The van der Waals surface area contributed by atoms with E-state index < -0.39 is 11.7 Å². The predicted molar refractivity (Wildman–Crippen MR) is 71.7 cm³/mol. The number of H-pyrrole nitrogens is 1. The van der Waals surface area contributed by atoms with Gasteiger partial charge in [-0.2, -0.15) is 0 Å². The number of nitrogens with zero attached hydrogens (tertiary/aromatic N) is 1. The zero-order chi connectivity index (χ0) is 14.0. The van der Waals surface area contributed by atoms with Gasteiger partial charge in [0.1, 0.15) is 11.7 Å². The summed E-state index contributed by atoms with van der Waals surface area (Å²) < 4.78 is 5.39. The molecule has 5 nitrogen and oxygen atoms in total. The topological polar surface area (TPSA) is 65.6 Å². The van der Waals surface area contributed by atoms with E-state index in [9.17, 15) is 9.90 Å². The smallest absolute Gasteiger partial charge is 0.410 e. The summed E-state index contributed by atoms with van der Waals surface area (Å²) in [5.41, 5.74) is 0.205. The molecule has 0 aliphatic heterocycles. The number of amides is 1. The Balaban J connectivity index is 1.98. The van der Waals surface area contributed by atoms with Crippen molar-refractivity contribution in [3.63, 3.8) is 0 Å². The second kappa shape index (κ2) is 5.25. The van der Waals surface area contributed by atoms with Gasteiger partial charge in [0.05, 0.1) is 6.54 Å². The highest BCUT2D eigenvalue weighted by atomic mass is 16.6. The first-order valence-corrected chi connectivity index (χ1v) is 6.68. The summed E-state index contributed by atoms with van der Waals surface area (Å²) in [5, 5.41) is 10.1. The first-order chi connectivity index (χ1) is 8.87. The number of aliphatic hydroxyl groups excluding tert-OH is 1. The summed E-state index contributed by atoms with van der Waals surface area (Å²) in [6, 6.07) is 3.85. The van der Waals surface area contributed by atoms with Crippen LogP contribution in [0.1, 0.15) is 45.4 Å². The van der Waals surface area contributed by atoms with Gasteiger partial charge in [-0.3, -0.25) is 0 Å². The second-order valence-corrected chi connectivity index (χ2v) is 6.01. The van der Waals surface area contributed by atoms with Crippen LogP contribution in [0.25, 0.3) is 0 Å². The molecule has 1 aromatic heterocycles. The van der Waals surface area contributed by atoms with Gasteiger partial charge in [0.25, 0.3) is 0 Å². The lowest BCUT2D eigenvalue weighted by atomic mass is 10.2. The average molecular weight is 266 g/mol. The van der Waals surface area contributed by atoms with Crippen molar-refractivity contribution in [2.75, 3.05) is 6.54 Å². The Labute approximate surface area is 113 Å². The van der Waals surface area contributed by atoms with Crippen LogP contribution in [0.3, 0.4) is 0 Å². The fourth-order valence-electron chi connectivity index (χ4n) is 1.92. The Hall–Kier alpha value is -1.49. The van der Waals surface area contributed by atoms with Crippen molar-refractivity contribution in [2.24, 2.45) is 0 Å². The number of carbonyl (C=O) groups is 1. The normalized spacial score (nSPS) is 17.1. The molecule has 5 heteroatoms. The highest BCUT2D eigenvalue weighted by molar-refractivity contribution is 5.69. The zero-order valence-electron chi connectivity index (χ0n) is 11.7. The molecule has 0 bridgehead atoms. The van der Waals surface area contributed by atoms with Crippen LogP contribution in [0.2, 0.25) is 0 Å². The van der Waals surface area contributed by atoms with Crippen molar-refractivity contribution in [3.8, 4) is 0 Å². The third-order valence-corrected chi connectivity index (χ3v) is 2.97. The van der Waals surface area contributed by atoms with E-state index in [1.807, 2.05) is 32.9 Å². The van der Waals surface area contributed by atoms with E-state index >= 15 is 0 Å². The Kier molecular flexibility index (Phi) is 3.85. The van der Waals surface area contributed by atoms with Crippen LogP contribution < -0.4 is 0 Å². The highest BCUT2D eigenvalue weighted by Crippen LogP contribution is 2.30.